The molecule has 1 fully saturated rings. The summed E-state index contributed by atoms with van der Waals surface area (Å²) in [4.78, 5) is 31.2. The molecule has 1 aliphatic rings. The number of hydrogen-bond donors (Lipinski definition) is 1. The van der Waals surface area contributed by atoms with Gasteiger partial charge in [-0.05, 0) is 50.6 Å². The van der Waals surface area contributed by atoms with Gasteiger partial charge in [0.15, 0.2) is 11.2 Å². The maximum absolute atomic E-state index is 15.0. The molecule has 2 N–H and O–H groups in total. The lowest BCUT2D eigenvalue weighted by Gasteiger charge is -2.24. The van der Waals surface area contributed by atoms with Gasteiger partial charge in [0.2, 0.25) is 11.8 Å². The van der Waals surface area contributed by atoms with E-state index in [2.05, 4.69) is 30.0 Å². The fraction of sp³-hybridized carbons (Fsp3) is 0.333. The Balaban J connectivity index is 1.18. The van der Waals surface area contributed by atoms with Crippen LogP contribution in [0.25, 0.3) is 39.2 Å². The number of esters is 1. The van der Waals surface area contributed by atoms with Crippen LogP contribution in [-0.2, 0) is 11.3 Å². The van der Waals surface area contributed by atoms with Crippen molar-refractivity contribution in [3.8, 4) is 11.5 Å². The largest absolute Gasteiger partial charge is 0.464 e. The Morgan fingerprint density at radius 3 is 2.75 bits per heavy atom. The molecule has 6 heterocycles. The highest BCUT2D eigenvalue weighted by atomic mass is 19.1. The molecule has 0 bridgehead atoms. The number of nitrogen functional groups attached to an aromatic ring is 1. The first-order valence-electron chi connectivity index (χ1n) is 14.4. The van der Waals surface area contributed by atoms with E-state index in [1.807, 2.05) is 42.7 Å². The number of carbonyl (C=O) groups excluding carboxylic acids is 1. The number of aryl methyl sites for hydroxylation is 2. The standard InChI is InChI=1S/C30H31FN10O3/c1-17-24-27(35-30(32)41-28(24)34-26(36-41)21-7-4-5-8-33-21)40(25(17)29(42)43-3)14-12-38-9-6-10-39(13-11-38)22-15-19-18(2)37-44-23(19)16-20(22)31/h4-5,7-8,15-16H,6,9-14H2,1-3H3,(H2,32,35). The Hall–Kier alpha value is -5.11. The summed E-state index contributed by atoms with van der Waals surface area (Å²) < 4.78 is 28.8. The molecular formula is C30H31FN10O3. The number of benzene rings is 1. The number of pyridine rings is 1. The fourth-order valence-corrected chi connectivity index (χ4v) is 6.07. The molecule has 226 valence electrons. The van der Waals surface area contributed by atoms with E-state index in [1.165, 1.54) is 17.7 Å². The number of nitrogens with zero attached hydrogens (tertiary/aromatic N) is 9. The zero-order chi connectivity index (χ0) is 30.5. The van der Waals surface area contributed by atoms with Crippen LogP contribution in [0.15, 0.2) is 41.1 Å². The van der Waals surface area contributed by atoms with Crippen LogP contribution in [0.4, 0.5) is 16.0 Å². The van der Waals surface area contributed by atoms with Crippen LogP contribution in [0.1, 0.15) is 28.2 Å². The molecule has 14 heteroatoms. The number of ether oxygens (including phenoxy) is 1. The fourth-order valence-electron chi connectivity index (χ4n) is 6.07. The van der Waals surface area contributed by atoms with E-state index >= 15 is 4.39 Å². The van der Waals surface area contributed by atoms with E-state index in [0.29, 0.717) is 83.5 Å². The van der Waals surface area contributed by atoms with Gasteiger partial charge in [0.1, 0.15) is 22.9 Å². The van der Waals surface area contributed by atoms with Crippen LogP contribution >= 0.6 is 0 Å². The Labute approximate surface area is 251 Å². The molecule has 0 atom stereocenters. The summed E-state index contributed by atoms with van der Waals surface area (Å²) in [5.41, 5.74) is 10.8. The third-order valence-electron chi connectivity index (χ3n) is 8.31. The maximum atomic E-state index is 15.0. The van der Waals surface area contributed by atoms with Gasteiger partial charge in [-0.25, -0.2) is 14.2 Å². The summed E-state index contributed by atoms with van der Waals surface area (Å²) in [5.74, 6) is -0.250. The molecule has 0 unspecified atom stereocenters. The summed E-state index contributed by atoms with van der Waals surface area (Å²) in [6.45, 7) is 7.67. The number of nitrogens with two attached hydrogens (primary N) is 1. The van der Waals surface area contributed by atoms with Gasteiger partial charge in [-0.3, -0.25) is 9.88 Å². The molecular weight excluding hydrogens is 567 g/mol. The quantitative estimate of drug-likeness (QED) is 0.281. The lowest BCUT2D eigenvalue weighted by molar-refractivity contribution is 0.0587. The van der Waals surface area contributed by atoms with Crippen molar-refractivity contribution in [1.29, 1.82) is 0 Å². The number of rotatable bonds is 6. The summed E-state index contributed by atoms with van der Waals surface area (Å²) in [6.07, 6.45) is 2.52. The summed E-state index contributed by atoms with van der Waals surface area (Å²) >= 11 is 0. The molecule has 6 aromatic rings. The molecule has 1 aromatic carbocycles. The zero-order valence-corrected chi connectivity index (χ0v) is 24.6. The Morgan fingerprint density at radius 2 is 1.95 bits per heavy atom. The minimum absolute atomic E-state index is 0.143. The zero-order valence-electron chi connectivity index (χ0n) is 24.6. The van der Waals surface area contributed by atoms with Gasteiger partial charge in [-0.1, -0.05) is 11.2 Å². The SMILES string of the molecule is COC(=O)c1c(C)c2c(nc(N)n3nc(-c4ccccn4)nc23)n1CCN1CCCN(c2cc3c(C)noc3cc2F)CC1. The molecule has 1 aliphatic heterocycles. The Kier molecular flexibility index (Phi) is 6.84. The van der Waals surface area contributed by atoms with Gasteiger partial charge < -0.3 is 24.5 Å². The molecule has 1 saturated heterocycles. The molecule has 5 aromatic heterocycles. The second-order valence-corrected chi connectivity index (χ2v) is 10.9. The van der Waals surface area contributed by atoms with Crippen molar-refractivity contribution in [3.63, 3.8) is 0 Å². The molecule has 0 saturated carbocycles. The van der Waals surface area contributed by atoms with Crippen LogP contribution in [-0.4, -0.2) is 85.0 Å². The normalized spacial score (nSPS) is 14.6. The minimum atomic E-state index is -0.473. The molecule has 44 heavy (non-hydrogen) atoms. The van der Waals surface area contributed by atoms with Crippen molar-refractivity contribution in [2.24, 2.45) is 0 Å². The molecule has 0 aliphatic carbocycles. The summed E-state index contributed by atoms with van der Waals surface area (Å²) in [7, 11) is 1.36. The highest BCUT2D eigenvalue weighted by molar-refractivity contribution is 6.03. The number of anilines is 2. The number of hydrogen-bond acceptors (Lipinski definition) is 11. The van der Waals surface area contributed by atoms with Gasteiger partial charge in [0.25, 0.3) is 0 Å². The number of aromatic nitrogens is 7. The van der Waals surface area contributed by atoms with E-state index < -0.39 is 5.97 Å². The van der Waals surface area contributed by atoms with Crippen molar-refractivity contribution < 1.29 is 18.4 Å². The number of carbonyl (C=O) groups is 1. The Morgan fingerprint density at radius 1 is 1.09 bits per heavy atom. The maximum Gasteiger partial charge on any atom is 0.355 e. The van der Waals surface area contributed by atoms with Crippen LogP contribution in [0.5, 0.6) is 0 Å². The molecule has 13 nitrogen and oxygen atoms in total. The Bertz CT molecular complexity index is 2030. The molecule has 0 spiro atoms. The van der Waals surface area contributed by atoms with Gasteiger partial charge in [-0.2, -0.15) is 9.50 Å². The molecule has 0 radical (unpaired) electrons. The van der Waals surface area contributed by atoms with E-state index in [-0.39, 0.29) is 11.8 Å². The van der Waals surface area contributed by atoms with Crippen molar-refractivity contribution in [3.05, 3.63) is 59.3 Å². The van der Waals surface area contributed by atoms with Crippen LogP contribution in [0.2, 0.25) is 0 Å². The predicted molar refractivity (Wildman–Crippen MR) is 162 cm³/mol. The van der Waals surface area contributed by atoms with Crippen LogP contribution < -0.4 is 10.6 Å². The molecule has 0 amide bonds. The van der Waals surface area contributed by atoms with Gasteiger partial charge >= 0.3 is 5.97 Å². The van der Waals surface area contributed by atoms with Gasteiger partial charge in [0, 0.05) is 50.4 Å². The van der Waals surface area contributed by atoms with E-state index in [9.17, 15) is 4.79 Å². The van der Waals surface area contributed by atoms with Gasteiger partial charge in [0.05, 0.1) is 23.9 Å². The number of fused-ring (bicyclic) bond motifs is 4. The lowest BCUT2D eigenvalue weighted by Crippen LogP contribution is -2.33. The van der Waals surface area contributed by atoms with Crippen LogP contribution in [0, 0.1) is 19.7 Å². The van der Waals surface area contributed by atoms with Crippen molar-refractivity contribution >= 4 is 45.3 Å². The minimum Gasteiger partial charge on any atom is -0.464 e. The lowest BCUT2D eigenvalue weighted by atomic mass is 10.1. The second kappa shape index (κ2) is 10.9. The highest BCUT2D eigenvalue weighted by Gasteiger charge is 2.27. The first-order valence-corrected chi connectivity index (χ1v) is 14.4. The summed E-state index contributed by atoms with van der Waals surface area (Å²) in [5, 5.41) is 10.00. The third kappa shape index (κ3) is 4.58. The first-order chi connectivity index (χ1) is 21.3. The predicted octanol–water partition coefficient (Wildman–Crippen LogP) is 3.62. The monoisotopic (exact) mass is 598 g/mol. The number of halogens is 1. The van der Waals surface area contributed by atoms with Crippen molar-refractivity contribution in [2.75, 3.05) is 50.5 Å². The van der Waals surface area contributed by atoms with Crippen molar-refractivity contribution in [1.82, 2.24) is 39.2 Å². The van der Waals surface area contributed by atoms with E-state index in [0.717, 1.165) is 24.0 Å². The second-order valence-electron chi connectivity index (χ2n) is 10.9. The van der Waals surface area contributed by atoms with E-state index in [1.54, 1.807) is 6.20 Å². The van der Waals surface area contributed by atoms with Crippen molar-refractivity contribution in [2.45, 2.75) is 26.8 Å². The van der Waals surface area contributed by atoms with E-state index in [4.69, 9.17) is 20.0 Å². The van der Waals surface area contributed by atoms with Crippen LogP contribution in [0.3, 0.4) is 0 Å². The molecule has 7 rings (SSSR count). The number of methoxy groups -OCH3 is 1. The van der Waals surface area contributed by atoms with Gasteiger partial charge in [-0.15, -0.1) is 5.10 Å². The third-order valence-corrected chi connectivity index (χ3v) is 8.31. The average molecular weight is 599 g/mol. The topological polar surface area (TPSA) is 146 Å². The smallest absolute Gasteiger partial charge is 0.355 e. The first kappa shape index (κ1) is 27.7. The summed E-state index contributed by atoms with van der Waals surface area (Å²) in [6, 6.07) is 8.73. The average Bonchev–Trinajstić information content (AvgIpc) is 3.64. The highest BCUT2D eigenvalue weighted by Crippen LogP contribution is 2.31.